The first-order chi connectivity index (χ1) is 10.3. The van der Waals surface area contributed by atoms with Gasteiger partial charge < -0.3 is 0 Å². The maximum atomic E-state index is 12.5. The normalized spacial score (nSPS) is 11.2. The van der Waals surface area contributed by atoms with E-state index in [4.69, 9.17) is 0 Å². The van der Waals surface area contributed by atoms with E-state index in [1.165, 1.54) is 10.1 Å². The van der Waals surface area contributed by atoms with Crippen LogP contribution < -0.4 is 0 Å². The van der Waals surface area contributed by atoms with Crippen molar-refractivity contribution in [2.24, 2.45) is 0 Å². The molecule has 0 atom stereocenters. The lowest BCUT2D eigenvalue weighted by Crippen LogP contribution is -2.03. The van der Waals surface area contributed by atoms with Crippen LogP contribution in [0.4, 0.5) is 0 Å². The van der Waals surface area contributed by atoms with Crippen molar-refractivity contribution in [3.63, 3.8) is 0 Å². The number of fused-ring (bicyclic) bond motifs is 2. The largest absolute Gasteiger partial charge is 0.294 e. The third-order valence-corrected chi connectivity index (χ3v) is 5.40. The molecule has 0 spiro atoms. The van der Waals surface area contributed by atoms with Gasteiger partial charge in [-0.05, 0) is 39.9 Å². The minimum absolute atomic E-state index is 0.126. The van der Waals surface area contributed by atoms with Gasteiger partial charge in [0.15, 0.2) is 5.78 Å². The van der Waals surface area contributed by atoms with Crippen LogP contribution in [0.5, 0.6) is 0 Å². The zero-order valence-corrected chi connectivity index (χ0v) is 12.7. The van der Waals surface area contributed by atoms with Gasteiger partial charge in [-0.1, -0.05) is 18.2 Å². The van der Waals surface area contributed by atoms with E-state index in [1.54, 1.807) is 28.9 Å². The maximum Gasteiger partial charge on any atom is 0.168 e. The first kappa shape index (κ1) is 12.7. The Hall–Kier alpha value is -2.04. The summed E-state index contributed by atoms with van der Waals surface area (Å²) in [6.07, 6.45) is 2.12. The topological polar surface area (TPSA) is 30.0 Å². The second kappa shape index (κ2) is 5.06. The molecule has 0 N–H and O–H groups in total. The van der Waals surface area contributed by atoms with Gasteiger partial charge in [0.1, 0.15) is 0 Å². The van der Waals surface area contributed by atoms with Gasteiger partial charge in [-0.3, -0.25) is 9.78 Å². The SMILES string of the molecule is O=C(Cc1csc2ccccc12)c1cnc2ccsc2c1. The van der Waals surface area contributed by atoms with E-state index in [1.807, 2.05) is 29.6 Å². The lowest BCUT2D eigenvalue weighted by molar-refractivity contribution is 0.0993. The Balaban J connectivity index is 1.68. The number of Topliss-reactive ketones (excluding diaryl/α,β-unsaturated/α-hetero) is 1. The zero-order chi connectivity index (χ0) is 14.2. The number of ketones is 1. The quantitative estimate of drug-likeness (QED) is 0.502. The molecule has 0 aliphatic carbocycles. The fourth-order valence-electron chi connectivity index (χ4n) is 2.44. The summed E-state index contributed by atoms with van der Waals surface area (Å²) >= 11 is 3.31. The summed E-state index contributed by atoms with van der Waals surface area (Å²) < 4.78 is 2.29. The van der Waals surface area contributed by atoms with Gasteiger partial charge in [-0.2, -0.15) is 0 Å². The summed E-state index contributed by atoms with van der Waals surface area (Å²) in [7, 11) is 0. The molecule has 21 heavy (non-hydrogen) atoms. The molecule has 4 rings (SSSR count). The smallest absolute Gasteiger partial charge is 0.168 e. The van der Waals surface area contributed by atoms with Crippen LogP contribution in [0, 0.1) is 0 Å². The molecule has 4 aromatic rings. The van der Waals surface area contributed by atoms with E-state index >= 15 is 0 Å². The molecule has 0 bridgehead atoms. The monoisotopic (exact) mass is 309 g/mol. The van der Waals surface area contributed by atoms with E-state index in [9.17, 15) is 4.79 Å². The molecule has 0 fully saturated rings. The fraction of sp³-hybridized carbons (Fsp3) is 0.0588. The van der Waals surface area contributed by atoms with Crippen LogP contribution in [0.1, 0.15) is 15.9 Å². The van der Waals surface area contributed by atoms with Crippen LogP contribution in [0.3, 0.4) is 0 Å². The van der Waals surface area contributed by atoms with Crippen LogP contribution in [-0.4, -0.2) is 10.8 Å². The van der Waals surface area contributed by atoms with Gasteiger partial charge in [0.05, 0.1) is 10.2 Å². The maximum absolute atomic E-state index is 12.5. The van der Waals surface area contributed by atoms with Gasteiger partial charge in [0, 0.05) is 22.9 Å². The Morgan fingerprint density at radius 3 is 2.95 bits per heavy atom. The number of benzene rings is 1. The number of carbonyl (C=O) groups excluding carboxylic acids is 1. The number of rotatable bonds is 3. The van der Waals surface area contributed by atoms with Crippen LogP contribution in [0.2, 0.25) is 0 Å². The van der Waals surface area contributed by atoms with Crippen molar-refractivity contribution in [2.45, 2.75) is 6.42 Å². The van der Waals surface area contributed by atoms with Crippen LogP contribution in [0.15, 0.2) is 53.4 Å². The van der Waals surface area contributed by atoms with Gasteiger partial charge >= 0.3 is 0 Å². The molecule has 4 heteroatoms. The highest BCUT2D eigenvalue weighted by Crippen LogP contribution is 2.27. The van der Waals surface area contributed by atoms with E-state index in [0.29, 0.717) is 12.0 Å². The third-order valence-electron chi connectivity index (χ3n) is 3.54. The van der Waals surface area contributed by atoms with Crippen LogP contribution in [0.25, 0.3) is 20.3 Å². The Kier molecular flexibility index (Phi) is 3.05. The summed E-state index contributed by atoms with van der Waals surface area (Å²) in [5.41, 5.74) is 2.75. The first-order valence-electron chi connectivity index (χ1n) is 6.63. The van der Waals surface area contributed by atoms with Crippen molar-refractivity contribution in [2.75, 3.05) is 0 Å². The van der Waals surface area contributed by atoms with Crippen molar-refractivity contribution >= 4 is 48.8 Å². The molecule has 0 aliphatic rings. The molecule has 0 amide bonds. The zero-order valence-electron chi connectivity index (χ0n) is 11.1. The summed E-state index contributed by atoms with van der Waals surface area (Å²) in [5, 5.41) is 5.26. The second-order valence-corrected chi connectivity index (χ2v) is 6.74. The Morgan fingerprint density at radius 2 is 2.00 bits per heavy atom. The molecule has 3 heterocycles. The predicted molar refractivity (Wildman–Crippen MR) is 89.5 cm³/mol. The summed E-state index contributed by atoms with van der Waals surface area (Å²) in [6.45, 7) is 0. The van der Waals surface area contributed by atoms with Crippen LogP contribution >= 0.6 is 22.7 Å². The Bertz CT molecular complexity index is 951. The molecule has 0 saturated carbocycles. The predicted octanol–water partition coefficient (Wildman–Crippen LogP) is 4.94. The number of thiophene rings is 2. The molecule has 2 nitrogen and oxygen atoms in total. The van der Waals surface area contributed by atoms with Gasteiger partial charge in [-0.15, -0.1) is 22.7 Å². The van der Waals surface area contributed by atoms with Crippen molar-refractivity contribution in [1.82, 2.24) is 4.98 Å². The number of hydrogen-bond acceptors (Lipinski definition) is 4. The van der Waals surface area contributed by atoms with Crippen molar-refractivity contribution in [3.8, 4) is 0 Å². The van der Waals surface area contributed by atoms with Crippen molar-refractivity contribution in [1.29, 1.82) is 0 Å². The number of carbonyl (C=O) groups is 1. The number of aromatic nitrogens is 1. The number of pyridine rings is 1. The molecule has 102 valence electrons. The molecule has 0 unspecified atom stereocenters. The van der Waals surface area contributed by atoms with Crippen molar-refractivity contribution < 1.29 is 4.79 Å². The van der Waals surface area contributed by atoms with Crippen LogP contribution in [-0.2, 0) is 6.42 Å². The Labute approximate surface area is 129 Å². The van der Waals surface area contributed by atoms with Crippen molar-refractivity contribution in [3.05, 3.63) is 64.5 Å². The van der Waals surface area contributed by atoms with E-state index in [2.05, 4.69) is 22.5 Å². The Morgan fingerprint density at radius 1 is 1.10 bits per heavy atom. The molecule has 0 aliphatic heterocycles. The molecular formula is C17H11NOS2. The third kappa shape index (κ3) is 2.26. The minimum atomic E-state index is 0.126. The number of hydrogen-bond donors (Lipinski definition) is 0. The van der Waals surface area contributed by atoms with E-state index in [-0.39, 0.29) is 5.78 Å². The van der Waals surface area contributed by atoms with E-state index in [0.717, 1.165) is 15.8 Å². The van der Waals surface area contributed by atoms with Gasteiger partial charge in [-0.25, -0.2) is 0 Å². The van der Waals surface area contributed by atoms with E-state index < -0.39 is 0 Å². The molecule has 3 aromatic heterocycles. The standard InChI is InChI=1S/C17H11NOS2/c19-15(11-8-17-14(18-9-11)5-6-20-17)7-12-10-21-16-4-2-1-3-13(12)16/h1-6,8-10H,7H2. The number of nitrogens with zero attached hydrogens (tertiary/aromatic N) is 1. The fourth-order valence-corrected chi connectivity index (χ4v) is 4.19. The van der Waals surface area contributed by atoms with Gasteiger partial charge in [0.25, 0.3) is 0 Å². The molecule has 0 saturated heterocycles. The average Bonchev–Trinajstić information content (AvgIpc) is 3.13. The summed E-state index contributed by atoms with van der Waals surface area (Å²) in [4.78, 5) is 16.8. The first-order valence-corrected chi connectivity index (χ1v) is 8.39. The molecule has 0 radical (unpaired) electrons. The minimum Gasteiger partial charge on any atom is -0.294 e. The summed E-state index contributed by atoms with van der Waals surface area (Å²) in [6, 6.07) is 12.1. The highest BCUT2D eigenvalue weighted by Gasteiger charge is 2.12. The molecule has 1 aromatic carbocycles. The highest BCUT2D eigenvalue weighted by atomic mass is 32.1. The summed E-state index contributed by atoms with van der Waals surface area (Å²) in [5.74, 6) is 0.126. The lowest BCUT2D eigenvalue weighted by atomic mass is 10.0. The molecular weight excluding hydrogens is 298 g/mol. The van der Waals surface area contributed by atoms with Gasteiger partial charge in [0.2, 0.25) is 0 Å². The lowest BCUT2D eigenvalue weighted by Gasteiger charge is -2.01. The average molecular weight is 309 g/mol. The highest BCUT2D eigenvalue weighted by molar-refractivity contribution is 7.17. The second-order valence-electron chi connectivity index (χ2n) is 4.89.